The van der Waals surface area contributed by atoms with Gasteiger partial charge >= 0.3 is 7.12 Å². The highest BCUT2D eigenvalue weighted by molar-refractivity contribution is 6.64. The van der Waals surface area contributed by atoms with Gasteiger partial charge in [-0.15, -0.1) is 0 Å². The van der Waals surface area contributed by atoms with E-state index in [4.69, 9.17) is 19.8 Å². The van der Waals surface area contributed by atoms with Gasteiger partial charge in [0.15, 0.2) is 0 Å². The Bertz CT molecular complexity index is 1850. The number of fused-ring (bicyclic) bond motifs is 9. The Balaban J connectivity index is 1.52. The summed E-state index contributed by atoms with van der Waals surface area (Å²) in [5.74, 6) is 1.73. The van der Waals surface area contributed by atoms with Crippen molar-refractivity contribution in [2.75, 3.05) is 5.73 Å². The Morgan fingerprint density at radius 2 is 1.12 bits per heavy atom. The molecule has 3 aliphatic rings. The fourth-order valence-corrected chi connectivity index (χ4v) is 7.13. The van der Waals surface area contributed by atoms with E-state index < -0.39 is 23.7 Å². The fraction of sp³-hybridized carbons (Fsp3) is 0.189. The average Bonchev–Trinajstić information content (AvgIpc) is 3.40. The third kappa shape index (κ3) is 3.26. The summed E-state index contributed by atoms with van der Waals surface area (Å²) in [7, 11) is -0.521. The topological polar surface area (TPSA) is 53.7 Å². The van der Waals surface area contributed by atoms with E-state index in [1.54, 1.807) is 0 Å². The van der Waals surface area contributed by atoms with Crippen molar-refractivity contribution in [3.63, 3.8) is 0 Å². The van der Waals surface area contributed by atoms with Crippen LogP contribution in [0, 0.1) is 0 Å². The van der Waals surface area contributed by atoms with E-state index in [-0.39, 0.29) is 0 Å². The van der Waals surface area contributed by atoms with Crippen LogP contribution in [-0.4, -0.2) is 18.3 Å². The summed E-state index contributed by atoms with van der Waals surface area (Å²) in [6.07, 6.45) is 0. The van der Waals surface area contributed by atoms with Gasteiger partial charge in [-0.2, -0.15) is 0 Å². The zero-order chi connectivity index (χ0) is 28.9. The van der Waals surface area contributed by atoms with E-state index >= 15 is 0 Å². The van der Waals surface area contributed by atoms with Crippen LogP contribution in [0.15, 0.2) is 109 Å². The van der Waals surface area contributed by atoms with Gasteiger partial charge in [-0.3, -0.25) is 0 Å². The molecule has 0 aromatic heterocycles. The first-order valence-electron chi connectivity index (χ1n) is 14.6. The van der Waals surface area contributed by atoms with Crippen LogP contribution in [0.4, 0.5) is 5.69 Å². The van der Waals surface area contributed by atoms with Gasteiger partial charge in [0, 0.05) is 16.8 Å². The molecule has 8 rings (SSSR count). The summed E-state index contributed by atoms with van der Waals surface area (Å²) in [6, 6.07) is 38.2. The second-order valence-electron chi connectivity index (χ2n) is 12.6. The highest BCUT2D eigenvalue weighted by Gasteiger charge is 2.56. The van der Waals surface area contributed by atoms with Gasteiger partial charge in [0.25, 0.3) is 0 Å². The Labute approximate surface area is 247 Å². The second-order valence-corrected chi connectivity index (χ2v) is 12.6. The lowest BCUT2D eigenvalue weighted by atomic mass is 9.65. The van der Waals surface area contributed by atoms with Crippen LogP contribution in [0.1, 0.15) is 49.9 Å². The Kier molecular flexibility index (Phi) is 5.20. The number of para-hydroxylation sites is 2. The summed E-state index contributed by atoms with van der Waals surface area (Å²) >= 11 is 0. The standard InChI is InChI=1S/C37H32BNO3/c1-35(2)36(3,4)42-38(41-35)30-19-11-18-29-34(30)33-25(23-12-9-13-24(39)22-23)14-10-17-28(33)37(29)26-15-5-7-20-31(26)40-32-21-8-6-16-27(32)37/h5-22H,39H2,1-4H3. The minimum atomic E-state index is -0.591. The van der Waals surface area contributed by atoms with Gasteiger partial charge in [0.1, 0.15) is 11.5 Å². The molecule has 206 valence electrons. The molecule has 0 radical (unpaired) electrons. The first kappa shape index (κ1) is 25.4. The molecule has 0 saturated carbocycles. The normalized spacial score (nSPS) is 18.1. The molecule has 5 aromatic carbocycles. The first-order valence-corrected chi connectivity index (χ1v) is 14.6. The molecule has 5 aromatic rings. The van der Waals surface area contributed by atoms with Gasteiger partial charge in [0.05, 0.1) is 16.6 Å². The molecular formula is C37H32BNO3. The zero-order valence-electron chi connectivity index (χ0n) is 24.3. The number of hydrogen-bond donors (Lipinski definition) is 1. The van der Waals surface area contributed by atoms with Crippen molar-refractivity contribution in [1.29, 1.82) is 0 Å². The third-order valence-electron chi connectivity index (χ3n) is 9.73. The smallest absolute Gasteiger partial charge is 0.457 e. The fourth-order valence-electron chi connectivity index (χ4n) is 7.13. The van der Waals surface area contributed by atoms with Crippen molar-refractivity contribution in [2.45, 2.75) is 44.3 Å². The zero-order valence-corrected chi connectivity index (χ0v) is 24.3. The van der Waals surface area contributed by atoms with Crippen molar-refractivity contribution in [3.05, 3.63) is 131 Å². The van der Waals surface area contributed by atoms with Gasteiger partial charge in [-0.05, 0) is 90.8 Å². The van der Waals surface area contributed by atoms with Crippen LogP contribution in [0.3, 0.4) is 0 Å². The number of nitrogens with two attached hydrogens (primary N) is 1. The summed E-state index contributed by atoms with van der Waals surface area (Å²) in [5.41, 5.74) is 15.8. The lowest BCUT2D eigenvalue weighted by molar-refractivity contribution is 0.00578. The maximum Gasteiger partial charge on any atom is 0.495 e. The van der Waals surface area contributed by atoms with E-state index in [1.807, 2.05) is 24.3 Å². The molecule has 5 heteroatoms. The third-order valence-corrected chi connectivity index (χ3v) is 9.73. The SMILES string of the molecule is CC1(C)OB(c2cccc3c2-c2c(-c4cccc(N)c4)cccc2C32c3ccccc3Oc3ccccc32)OC1(C)C. The number of nitrogen functional groups attached to an aromatic ring is 1. The van der Waals surface area contributed by atoms with Crippen molar-refractivity contribution in [1.82, 2.24) is 0 Å². The van der Waals surface area contributed by atoms with Crippen LogP contribution < -0.4 is 15.9 Å². The number of anilines is 1. The highest BCUT2D eigenvalue weighted by Crippen LogP contribution is 2.63. The van der Waals surface area contributed by atoms with Gasteiger partial charge < -0.3 is 19.8 Å². The highest BCUT2D eigenvalue weighted by atomic mass is 16.7. The van der Waals surface area contributed by atoms with Crippen LogP contribution in [-0.2, 0) is 14.7 Å². The largest absolute Gasteiger partial charge is 0.495 e. The average molecular weight is 549 g/mol. The van der Waals surface area contributed by atoms with Crippen LogP contribution in [0.2, 0.25) is 0 Å². The van der Waals surface area contributed by atoms with Crippen molar-refractivity contribution in [3.8, 4) is 33.8 Å². The predicted octanol–water partition coefficient (Wildman–Crippen LogP) is 7.70. The van der Waals surface area contributed by atoms with E-state index in [2.05, 4.69) is 113 Å². The molecule has 4 nitrogen and oxygen atoms in total. The molecule has 1 spiro atoms. The number of rotatable bonds is 2. The molecule has 1 saturated heterocycles. The number of hydrogen-bond acceptors (Lipinski definition) is 4. The maximum absolute atomic E-state index is 6.70. The van der Waals surface area contributed by atoms with Gasteiger partial charge in [-0.1, -0.05) is 84.9 Å². The quantitative estimate of drug-likeness (QED) is 0.177. The molecular weight excluding hydrogens is 517 g/mol. The summed E-state index contributed by atoms with van der Waals surface area (Å²) in [5, 5.41) is 0. The van der Waals surface area contributed by atoms with Crippen molar-refractivity contribution < 1.29 is 14.0 Å². The molecule has 1 aliphatic carbocycles. The van der Waals surface area contributed by atoms with Gasteiger partial charge in [0.2, 0.25) is 0 Å². The minimum Gasteiger partial charge on any atom is -0.457 e. The predicted molar refractivity (Wildman–Crippen MR) is 169 cm³/mol. The first-order chi connectivity index (χ1) is 20.2. The monoisotopic (exact) mass is 549 g/mol. The van der Waals surface area contributed by atoms with E-state index in [9.17, 15) is 0 Å². The van der Waals surface area contributed by atoms with Crippen LogP contribution >= 0.6 is 0 Å². The van der Waals surface area contributed by atoms with Crippen LogP contribution in [0.25, 0.3) is 22.3 Å². The maximum atomic E-state index is 6.70. The molecule has 2 aliphatic heterocycles. The van der Waals surface area contributed by atoms with Crippen molar-refractivity contribution in [2.24, 2.45) is 0 Å². The molecule has 2 heterocycles. The summed E-state index contributed by atoms with van der Waals surface area (Å²) in [6.45, 7) is 8.42. The molecule has 0 amide bonds. The second kappa shape index (κ2) is 8.60. The van der Waals surface area contributed by atoms with Gasteiger partial charge in [-0.25, -0.2) is 0 Å². The van der Waals surface area contributed by atoms with E-state index in [0.717, 1.165) is 50.5 Å². The molecule has 0 bridgehead atoms. The Morgan fingerprint density at radius 1 is 0.571 bits per heavy atom. The summed E-state index contributed by atoms with van der Waals surface area (Å²) < 4.78 is 19.9. The lowest BCUT2D eigenvalue weighted by Crippen LogP contribution is -2.41. The lowest BCUT2D eigenvalue weighted by Gasteiger charge is -2.39. The summed E-state index contributed by atoms with van der Waals surface area (Å²) in [4.78, 5) is 0. The molecule has 1 fully saturated rings. The number of ether oxygens (including phenoxy) is 1. The molecule has 0 atom stereocenters. The molecule has 2 N–H and O–H groups in total. The van der Waals surface area contributed by atoms with E-state index in [0.29, 0.717) is 0 Å². The van der Waals surface area contributed by atoms with Crippen molar-refractivity contribution >= 4 is 18.3 Å². The Hall–Kier alpha value is -4.32. The Morgan fingerprint density at radius 3 is 1.76 bits per heavy atom. The molecule has 42 heavy (non-hydrogen) atoms. The number of benzene rings is 5. The van der Waals surface area contributed by atoms with Crippen LogP contribution in [0.5, 0.6) is 11.5 Å². The molecule has 0 unspecified atom stereocenters. The minimum absolute atomic E-state index is 0.467. The van der Waals surface area contributed by atoms with E-state index in [1.165, 1.54) is 16.7 Å².